The van der Waals surface area contributed by atoms with Crippen molar-refractivity contribution < 1.29 is 8.42 Å². The summed E-state index contributed by atoms with van der Waals surface area (Å²) in [5.74, 6) is 0. The molecule has 1 aromatic heterocycles. The Labute approximate surface area is 124 Å². The molecule has 0 spiro atoms. The number of aromatic nitrogens is 2. The Morgan fingerprint density at radius 1 is 1.29 bits per heavy atom. The first-order chi connectivity index (χ1) is 10.0. The molecular weight excluding hydrogens is 288 g/mol. The van der Waals surface area contributed by atoms with Crippen LogP contribution in [0.3, 0.4) is 0 Å². The number of sulfonamides is 1. The van der Waals surface area contributed by atoms with Gasteiger partial charge in [0.1, 0.15) is 6.33 Å². The molecule has 0 bridgehead atoms. The van der Waals surface area contributed by atoms with Crippen LogP contribution in [0.25, 0.3) is 0 Å². The molecule has 0 aliphatic heterocycles. The molecular formula is C14H18N4O2S. The van der Waals surface area contributed by atoms with E-state index in [0.29, 0.717) is 5.69 Å². The third kappa shape index (κ3) is 4.07. The Balaban J connectivity index is 2.16. The van der Waals surface area contributed by atoms with E-state index in [4.69, 9.17) is 0 Å². The lowest BCUT2D eigenvalue weighted by molar-refractivity contribution is 0.579. The summed E-state index contributed by atoms with van der Waals surface area (Å²) in [6.07, 6.45) is 2.96. The lowest BCUT2D eigenvalue weighted by Crippen LogP contribution is -2.24. The fourth-order valence-corrected chi connectivity index (χ4v) is 2.85. The second-order valence-corrected chi connectivity index (χ2v) is 6.38. The van der Waals surface area contributed by atoms with Gasteiger partial charge in [-0.1, -0.05) is 12.1 Å². The number of hydrogen-bond acceptors (Lipinski definition) is 5. The van der Waals surface area contributed by atoms with Crippen molar-refractivity contribution >= 4 is 10.0 Å². The minimum Gasteiger partial charge on any atom is -0.313 e. The quantitative estimate of drug-likeness (QED) is 0.839. The van der Waals surface area contributed by atoms with Gasteiger partial charge in [0.25, 0.3) is 0 Å². The fraction of sp³-hybridized carbons (Fsp3) is 0.286. The molecule has 0 fully saturated rings. The Morgan fingerprint density at radius 2 is 2.10 bits per heavy atom. The van der Waals surface area contributed by atoms with Gasteiger partial charge >= 0.3 is 0 Å². The maximum Gasteiger partial charge on any atom is 0.240 e. The van der Waals surface area contributed by atoms with Crippen molar-refractivity contribution in [3.05, 3.63) is 54.1 Å². The highest BCUT2D eigenvalue weighted by Crippen LogP contribution is 2.17. The van der Waals surface area contributed by atoms with E-state index in [0.717, 1.165) is 5.56 Å². The Bertz CT molecular complexity index is 689. The highest BCUT2D eigenvalue weighted by atomic mass is 32.2. The summed E-state index contributed by atoms with van der Waals surface area (Å²) < 4.78 is 27.1. The zero-order valence-corrected chi connectivity index (χ0v) is 12.8. The van der Waals surface area contributed by atoms with Gasteiger partial charge in [0.15, 0.2) is 0 Å². The molecule has 112 valence electrons. The zero-order valence-electron chi connectivity index (χ0n) is 11.9. The molecule has 1 unspecified atom stereocenters. The van der Waals surface area contributed by atoms with Crippen LogP contribution in [0.1, 0.15) is 24.2 Å². The van der Waals surface area contributed by atoms with E-state index < -0.39 is 10.0 Å². The molecule has 0 amide bonds. The molecule has 1 aromatic carbocycles. The summed E-state index contributed by atoms with van der Waals surface area (Å²) in [6.45, 7) is 2.11. The van der Waals surface area contributed by atoms with Crippen LogP contribution in [0.4, 0.5) is 0 Å². The monoisotopic (exact) mass is 306 g/mol. The molecule has 0 saturated heterocycles. The molecule has 0 aliphatic rings. The summed E-state index contributed by atoms with van der Waals surface area (Å²) in [6, 6.07) is 8.63. The van der Waals surface area contributed by atoms with Gasteiger partial charge in [-0.05, 0) is 37.7 Å². The first-order valence-electron chi connectivity index (χ1n) is 6.54. The normalized spacial score (nSPS) is 13.0. The maximum absolute atomic E-state index is 12.3. The van der Waals surface area contributed by atoms with Crippen LogP contribution in [0, 0.1) is 0 Å². The Hall–Kier alpha value is -1.83. The molecule has 7 heteroatoms. The van der Waals surface area contributed by atoms with E-state index in [1.165, 1.54) is 6.33 Å². The van der Waals surface area contributed by atoms with E-state index in [9.17, 15) is 8.42 Å². The van der Waals surface area contributed by atoms with Gasteiger partial charge in [-0.2, -0.15) is 0 Å². The van der Waals surface area contributed by atoms with E-state index >= 15 is 0 Å². The first-order valence-corrected chi connectivity index (χ1v) is 8.03. The molecule has 0 saturated carbocycles. The van der Waals surface area contributed by atoms with E-state index in [1.807, 2.05) is 20.0 Å². The molecule has 6 nitrogen and oxygen atoms in total. The molecule has 1 heterocycles. The minimum absolute atomic E-state index is 0.0852. The number of nitrogens with one attached hydrogen (secondary N) is 2. The van der Waals surface area contributed by atoms with Crippen LogP contribution in [0.5, 0.6) is 0 Å². The van der Waals surface area contributed by atoms with Gasteiger partial charge in [0, 0.05) is 12.2 Å². The maximum atomic E-state index is 12.3. The van der Waals surface area contributed by atoms with E-state index in [2.05, 4.69) is 20.0 Å². The van der Waals surface area contributed by atoms with Crippen molar-refractivity contribution in [2.24, 2.45) is 0 Å². The number of benzene rings is 1. The van der Waals surface area contributed by atoms with Crippen molar-refractivity contribution in [2.45, 2.75) is 24.4 Å². The first kappa shape index (κ1) is 15.6. The van der Waals surface area contributed by atoms with Crippen LogP contribution < -0.4 is 10.0 Å². The topological polar surface area (TPSA) is 84.0 Å². The number of hydrogen-bond donors (Lipinski definition) is 2. The minimum atomic E-state index is -3.56. The molecule has 2 aromatic rings. The molecule has 2 rings (SSSR count). The van der Waals surface area contributed by atoms with Crippen molar-refractivity contribution in [1.82, 2.24) is 20.0 Å². The molecule has 1 atom stereocenters. The van der Waals surface area contributed by atoms with E-state index in [-0.39, 0.29) is 17.5 Å². The molecule has 0 aliphatic carbocycles. The smallest absolute Gasteiger partial charge is 0.240 e. The van der Waals surface area contributed by atoms with Crippen LogP contribution in [-0.2, 0) is 16.6 Å². The Morgan fingerprint density at radius 3 is 2.76 bits per heavy atom. The fourth-order valence-electron chi connectivity index (χ4n) is 1.79. The second kappa shape index (κ2) is 6.75. The van der Waals surface area contributed by atoms with Crippen LogP contribution in [0.2, 0.25) is 0 Å². The highest BCUT2D eigenvalue weighted by Gasteiger charge is 2.15. The van der Waals surface area contributed by atoms with E-state index in [1.54, 1.807) is 30.5 Å². The van der Waals surface area contributed by atoms with Gasteiger partial charge in [-0.3, -0.25) is 0 Å². The summed E-state index contributed by atoms with van der Waals surface area (Å²) >= 11 is 0. The predicted molar refractivity (Wildman–Crippen MR) is 80.0 cm³/mol. The second-order valence-electron chi connectivity index (χ2n) is 4.61. The van der Waals surface area contributed by atoms with Crippen LogP contribution in [0.15, 0.2) is 47.8 Å². The average Bonchev–Trinajstić information content (AvgIpc) is 2.53. The number of nitrogens with zero attached hydrogens (tertiary/aromatic N) is 2. The highest BCUT2D eigenvalue weighted by molar-refractivity contribution is 7.89. The summed E-state index contributed by atoms with van der Waals surface area (Å²) in [7, 11) is -1.73. The predicted octanol–water partition coefficient (Wildman–Crippen LogP) is 1.24. The third-order valence-electron chi connectivity index (χ3n) is 3.19. The third-order valence-corrected chi connectivity index (χ3v) is 4.59. The lowest BCUT2D eigenvalue weighted by atomic mass is 10.1. The Kier molecular flexibility index (Phi) is 5.00. The summed E-state index contributed by atoms with van der Waals surface area (Å²) in [5.41, 5.74) is 1.54. The zero-order chi connectivity index (χ0) is 15.3. The van der Waals surface area contributed by atoms with Gasteiger partial charge in [0.2, 0.25) is 10.0 Å². The average molecular weight is 306 g/mol. The summed E-state index contributed by atoms with van der Waals surface area (Å²) in [4.78, 5) is 8.03. The number of rotatable bonds is 6. The van der Waals surface area contributed by atoms with Crippen molar-refractivity contribution in [2.75, 3.05) is 7.05 Å². The SMILES string of the molecule is CNC(C)c1cccc(S(=O)(=O)NCc2ccncn2)c1. The largest absolute Gasteiger partial charge is 0.313 e. The van der Waals surface area contributed by atoms with Gasteiger partial charge in [0.05, 0.1) is 17.1 Å². The van der Waals surface area contributed by atoms with Gasteiger partial charge < -0.3 is 5.32 Å². The standard InChI is InChI=1S/C14H18N4O2S/c1-11(15-2)12-4-3-5-14(8-12)21(19,20)18-9-13-6-7-16-10-17-13/h3-8,10-11,15,18H,9H2,1-2H3. The molecule has 0 radical (unpaired) electrons. The lowest BCUT2D eigenvalue weighted by Gasteiger charge is -2.12. The molecule has 2 N–H and O–H groups in total. The van der Waals surface area contributed by atoms with Crippen molar-refractivity contribution in [1.29, 1.82) is 0 Å². The van der Waals surface area contributed by atoms with Crippen molar-refractivity contribution in [3.63, 3.8) is 0 Å². The van der Waals surface area contributed by atoms with Crippen molar-refractivity contribution in [3.8, 4) is 0 Å². The van der Waals surface area contributed by atoms with Crippen LogP contribution >= 0.6 is 0 Å². The van der Waals surface area contributed by atoms with Crippen LogP contribution in [-0.4, -0.2) is 25.4 Å². The summed E-state index contributed by atoms with van der Waals surface area (Å²) in [5, 5.41) is 3.09. The van der Waals surface area contributed by atoms with Gasteiger partial charge in [-0.25, -0.2) is 23.1 Å². The molecule has 21 heavy (non-hydrogen) atoms. The van der Waals surface area contributed by atoms with Gasteiger partial charge in [-0.15, -0.1) is 0 Å².